The number of aliphatic hydroxyl groups is 2. The molecule has 75 heavy (non-hydrogen) atoms. The highest BCUT2D eigenvalue weighted by Crippen LogP contribution is 2.19. The van der Waals surface area contributed by atoms with Crippen molar-refractivity contribution in [2.24, 2.45) is 0 Å². The molecule has 0 radical (unpaired) electrons. The Morgan fingerprint density at radius 3 is 0.947 bits per heavy atom. The number of nitrogens with one attached hydrogen (secondary N) is 1. The first-order valence-corrected chi connectivity index (χ1v) is 34.4. The summed E-state index contributed by atoms with van der Waals surface area (Å²) in [6.45, 7) is 4.99. The number of hydrogen-bond acceptors (Lipinski definition) is 5. The van der Waals surface area contributed by atoms with Gasteiger partial charge in [0.15, 0.2) is 0 Å². The smallest absolute Gasteiger partial charge is 0.305 e. The predicted octanol–water partition coefficient (Wildman–Crippen LogP) is 22.0. The van der Waals surface area contributed by atoms with Gasteiger partial charge in [-0.3, -0.25) is 9.59 Å². The van der Waals surface area contributed by atoms with Gasteiger partial charge in [0.05, 0.1) is 25.4 Å². The topological polar surface area (TPSA) is 95.9 Å². The maximum Gasteiger partial charge on any atom is 0.305 e. The van der Waals surface area contributed by atoms with Gasteiger partial charge in [-0.25, -0.2) is 0 Å². The van der Waals surface area contributed by atoms with Gasteiger partial charge in [0.1, 0.15) is 0 Å². The van der Waals surface area contributed by atoms with Gasteiger partial charge in [-0.1, -0.05) is 341 Å². The van der Waals surface area contributed by atoms with Crippen LogP contribution >= 0.6 is 0 Å². The van der Waals surface area contributed by atoms with Crippen molar-refractivity contribution < 1.29 is 24.5 Å². The van der Waals surface area contributed by atoms with Gasteiger partial charge in [0.2, 0.25) is 5.91 Å². The molecular weight excluding hydrogens is 923 g/mol. The van der Waals surface area contributed by atoms with Crippen molar-refractivity contribution in [3.63, 3.8) is 0 Å². The van der Waals surface area contributed by atoms with Crippen molar-refractivity contribution in [1.29, 1.82) is 0 Å². The Hall–Kier alpha value is -1.40. The second-order valence-corrected chi connectivity index (χ2v) is 23.9. The molecule has 0 bridgehead atoms. The molecule has 0 aromatic carbocycles. The summed E-state index contributed by atoms with van der Waals surface area (Å²) in [6, 6.07) is -0.546. The van der Waals surface area contributed by atoms with E-state index in [1.165, 1.54) is 321 Å². The molecule has 0 fully saturated rings. The number of hydrogen-bond donors (Lipinski definition) is 3. The zero-order chi connectivity index (χ0) is 54.3. The number of aliphatic hydroxyl groups excluding tert-OH is 2. The van der Waals surface area contributed by atoms with E-state index in [1.54, 1.807) is 0 Å². The second kappa shape index (κ2) is 65.1. The largest absolute Gasteiger partial charge is 0.466 e. The Labute approximate surface area is 469 Å². The zero-order valence-electron chi connectivity index (χ0n) is 51.1. The van der Waals surface area contributed by atoms with Crippen LogP contribution in [0.3, 0.4) is 0 Å². The Morgan fingerprint density at radius 1 is 0.360 bits per heavy atom. The molecule has 0 aliphatic heterocycles. The summed E-state index contributed by atoms with van der Waals surface area (Å²) in [5.41, 5.74) is 0. The lowest BCUT2D eigenvalue weighted by atomic mass is 10.0. The van der Waals surface area contributed by atoms with Crippen LogP contribution in [0, 0.1) is 0 Å². The number of esters is 1. The highest BCUT2D eigenvalue weighted by atomic mass is 16.5. The fourth-order valence-electron chi connectivity index (χ4n) is 11.1. The molecule has 2 atom stereocenters. The molecule has 0 rings (SSSR count). The van der Waals surface area contributed by atoms with E-state index in [9.17, 15) is 19.8 Å². The third kappa shape index (κ3) is 61.7. The lowest BCUT2D eigenvalue weighted by Gasteiger charge is -2.22. The van der Waals surface area contributed by atoms with Gasteiger partial charge in [0, 0.05) is 12.8 Å². The molecular formula is C69H135NO5. The van der Waals surface area contributed by atoms with Gasteiger partial charge in [-0.2, -0.15) is 0 Å². The number of allylic oxidation sites excluding steroid dienone is 2. The third-order valence-electron chi connectivity index (χ3n) is 16.3. The number of unbranched alkanes of at least 4 members (excludes halogenated alkanes) is 52. The fraction of sp³-hybridized carbons (Fsp3) is 0.942. The number of carbonyl (C=O) groups is 2. The van der Waals surface area contributed by atoms with Gasteiger partial charge in [-0.05, 0) is 51.4 Å². The molecule has 0 aromatic rings. The van der Waals surface area contributed by atoms with Gasteiger partial charge >= 0.3 is 5.97 Å². The minimum atomic E-state index is -0.668. The first-order valence-electron chi connectivity index (χ1n) is 34.4. The van der Waals surface area contributed by atoms with E-state index in [2.05, 4.69) is 31.3 Å². The van der Waals surface area contributed by atoms with E-state index in [0.717, 1.165) is 38.5 Å². The minimum absolute atomic E-state index is 0.0161. The summed E-state index contributed by atoms with van der Waals surface area (Å²) < 4.78 is 5.50. The lowest BCUT2D eigenvalue weighted by molar-refractivity contribution is -0.143. The average Bonchev–Trinajstić information content (AvgIpc) is 3.41. The van der Waals surface area contributed by atoms with Crippen molar-refractivity contribution in [1.82, 2.24) is 5.32 Å². The van der Waals surface area contributed by atoms with Crippen molar-refractivity contribution in [3.05, 3.63) is 12.2 Å². The summed E-state index contributed by atoms with van der Waals surface area (Å²) in [5.74, 6) is -0.0210. The third-order valence-corrected chi connectivity index (χ3v) is 16.3. The molecule has 2 unspecified atom stereocenters. The summed E-state index contributed by atoms with van der Waals surface area (Å²) in [6.07, 6.45) is 79.6. The number of ether oxygens (including phenoxy) is 1. The molecule has 6 heteroatoms. The highest BCUT2D eigenvalue weighted by molar-refractivity contribution is 5.76. The molecule has 6 nitrogen and oxygen atoms in total. The van der Waals surface area contributed by atoms with Crippen molar-refractivity contribution in [2.45, 2.75) is 405 Å². The highest BCUT2D eigenvalue weighted by Gasteiger charge is 2.20. The molecule has 446 valence electrons. The monoisotopic (exact) mass is 1060 g/mol. The van der Waals surface area contributed by atoms with Crippen molar-refractivity contribution in [3.8, 4) is 0 Å². The average molecular weight is 1060 g/mol. The Morgan fingerprint density at radius 2 is 0.627 bits per heavy atom. The predicted molar refractivity (Wildman–Crippen MR) is 329 cm³/mol. The molecule has 0 aliphatic rings. The summed E-state index contributed by atoms with van der Waals surface area (Å²) in [4.78, 5) is 24.6. The van der Waals surface area contributed by atoms with Crippen LogP contribution in [0.5, 0.6) is 0 Å². The van der Waals surface area contributed by atoms with E-state index in [4.69, 9.17) is 4.74 Å². The van der Waals surface area contributed by atoms with Crippen LogP contribution < -0.4 is 5.32 Å². The van der Waals surface area contributed by atoms with Crippen molar-refractivity contribution >= 4 is 11.9 Å². The van der Waals surface area contributed by atoms with E-state index in [-0.39, 0.29) is 18.5 Å². The first kappa shape index (κ1) is 73.6. The van der Waals surface area contributed by atoms with Crippen LogP contribution in [0.4, 0.5) is 0 Å². The summed E-state index contributed by atoms with van der Waals surface area (Å²) in [5, 5.41) is 23.4. The normalized spacial score (nSPS) is 12.5. The van der Waals surface area contributed by atoms with Crippen LogP contribution in [0.2, 0.25) is 0 Å². The maximum absolute atomic E-state index is 12.5. The lowest BCUT2D eigenvalue weighted by Crippen LogP contribution is -2.45. The van der Waals surface area contributed by atoms with Crippen molar-refractivity contribution in [2.75, 3.05) is 13.2 Å². The fourth-order valence-corrected chi connectivity index (χ4v) is 11.1. The van der Waals surface area contributed by atoms with Crippen LogP contribution in [-0.4, -0.2) is 47.4 Å². The van der Waals surface area contributed by atoms with Gasteiger partial charge < -0.3 is 20.3 Å². The van der Waals surface area contributed by atoms with E-state index >= 15 is 0 Å². The van der Waals surface area contributed by atoms with E-state index in [0.29, 0.717) is 25.9 Å². The number of rotatable bonds is 65. The molecule has 0 saturated carbocycles. The second-order valence-electron chi connectivity index (χ2n) is 23.9. The molecule has 1 amide bonds. The molecule has 0 saturated heterocycles. The summed E-state index contributed by atoms with van der Waals surface area (Å²) in [7, 11) is 0. The molecule has 3 N–H and O–H groups in total. The SMILES string of the molecule is CCCCCCCCCCCCCCCCCCCCCC(O)C(CO)NC(=O)CCCCCCCCC/C=C\CCCCCCCCCCCCCCOC(=O)CCCCCCCCCCCCCCCCCC. The quantitative estimate of drug-likeness (QED) is 0.0320. The van der Waals surface area contributed by atoms with Crippen LogP contribution in [-0.2, 0) is 14.3 Å². The molecule has 0 aromatic heterocycles. The van der Waals surface area contributed by atoms with E-state index < -0.39 is 12.1 Å². The number of carbonyl (C=O) groups excluding carboxylic acids is 2. The Kier molecular flexibility index (Phi) is 63.9. The Bertz CT molecular complexity index is 1130. The van der Waals surface area contributed by atoms with Crippen LogP contribution in [0.1, 0.15) is 393 Å². The van der Waals surface area contributed by atoms with Gasteiger partial charge in [0.25, 0.3) is 0 Å². The number of amides is 1. The van der Waals surface area contributed by atoms with Crippen LogP contribution in [0.15, 0.2) is 12.2 Å². The molecule has 0 heterocycles. The van der Waals surface area contributed by atoms with Crippen LogP contribution in [0.25, 0.3) is 0 Å². The van der Waals surface area contributed by atoms with Gasteiger partial charge in [-0.15, -0.1) is 0 Å². The Balaban J connectivity index is 3.39. The maximum atomic E-state index is 12.5. The molecule has 0 spiro atoms. The molecule has 0 aliphatic carbocycles. The standard InChI is InChI=1S/C69H135NO5/c1-3-5-7-9-11-13-15-17-19-21-27-30-33-37-41-45-49-53-57-61-67(72)66(65-71)70-68(73)62-58-54-50-46-42-38-34-31-28-25-23-22-24-26-29-32-36-40-44-48-52-56-60-64-75-69(74)63-59-55-51-47-43-39-35-20-18-16-14-12-10-8-6-4-2/h25,28,66-67,71-72H,3-24,26-27,29-65H2,1-2H3,(H,70,73)/b28-25-. The minimum Gasteiger partial charge on any atom is -0.466 e. The summed E-state index contributed by atoms with van der Waals surface area (Å²) >= 11 is 0. The van der Waals surface area contributed by atoms with E-state index in [1.807, 2.05) is 0 Å². The first-order chi connectivity index (χ1) is 37.0. The zero-order valence-corrected chi connectivity index (χ0v) is 51.1.